The first kappa shape index (κ1) is 12.5. The van der Waals surface area contributed by atoms with Crippen LogP contribution >= 0.6 is 0 Å². The van der Waals surface area contributed by atoms with Gasteiger partial charge in [0.05, 0.1) is 0 Å². The Balaban J connectivity index is 2.84. The first-order chi connectivity index (χ1) is 7.58. The van der Waals surface area contributed by atoms with Gasteiger partial charge in [0.25, 0.3) is 0 Å². The Hall–Kier alpha value is -1.56. The topological polar surface area (TPSA) is 39.9 Å². The summed E-state index contributed by atoms with van der Waals surface area (Å²) in [6.45, 7) is 7.28. The minimum atomic E-state index is 0.522. The van der Waals surface area contributed by atoms with Gasteiger partial charge < -0.3 is 4.90 Å². The second kappa shape index (κ2) is 5.50. The van der Waals surface area contributed by atoms with Gasteiger partial charge in [-0.1, -0.05) is 26.3 Å². The lowest BCUT2D eigenvalue weighted by atomic mass is 10.1. The minimum absolute atomic E-state index is 0.522. The molecular weight excluding hydrogens is 198 g/mol. The molecular formula is C13H19N3. The Morgan fingerprint density at radius 1 is 1.50 bits per heavy atom. The van der Waals surface area contributed by atoms with Crippen molar-refractivity contribution >= 4 is 5.82 Å². The maximum Gasteiger partial charge on any atom is 0.145 e. The number of nitriles is 1. The van der Waals surface area contributed by atoms with Crippen molar-refractivity contribution < 1.29 is 0 Å². The third kappa shape index (κ3) is 2.96. The quantitative estimate of drug-likeness (QED) is 0.778. The standard InChI is InChI=1S/C13H19N3/c1-5-10(2)9-16(4)13-7-6-11(3)12(8-14)15-13/h6-7,10H,5,9H2,1-4H3. The maximum absolute atomic E-state index is 8.92. The zero-order valence-electron chi connectivity index (χ0n) is 10.5. The zero-order chi connectivity index (χ0) is 12.1. The Labute approximate surface area is 97.7 Å². The molecule has 0 fully saturated rings. The number of aryl methyl sites for hydroxylation is 1. The molecule has 0 radical (unpaired) electrons. The third-order valence-electron chi connectivity index (χ3n) is 2.86. The van der Waals surface area contributed by atoms with Crippen LogP contribution in [0.4, 0.5) is 5.82 Å². The van der Waals surface area contributed by atoms with Gasteiger partial charge in [0.1, 0.15) is 17.6 Å². The Morgan fingerprint density at radius 3 is 2.75 bits per heavy atom. The van der Waals surface area contributed by atoms with E-state index >= 15 is 0 Å². The SMILES string of the molecule is CCC(C)CN(C)c1ccc(C)c(C#N)n1. The lowest BCUT2D eigenvalue weighted by molar-refractivity contribution is 0.557. The number of hydrogen-bond donors (Lipinski definition) is 0. The molecule has 3 nitrogen and oxygen atoms in total. The van der Waals surface area contributed by atoms with Crippen LogP contribution in [-0.4, -0.2) is 18.6 Å². The summed E-state index contributed by atoms with van der Waals surface area (Å²) in [4.78, 5) is 6.45. The molecule has 0 aliphatic rings. The van der Waals surface area contributed by atoms with Gasteiger partial charge >= 0.3 is 0 Å². The van der Waals surface area contributed by atoms with Gasteiger partial charge in [-0.2, -0.15) is 5.26 Å². The predicted molar refractivity (Wildman–Crippen MR) is 66.4 cm³/mol. The van der Waals surface area contributed by atoms with E-state index in [0.29, 0.717) is 11.6 Å². The zero-order valence-corrected chi connectivity index (χ0v) is 10.5. The van der Waals surface area contributed by atoms with Crippen LogP contribution in [0, 0.1) is 24.2 Å². The molecule has 0 N–H and O–H groups in total. The number of hydrogen-bond acceptors (Lipinski definition) is 3. The van der Waals surface area contributed by atoms with Crippen molar-refractivity contribution in [2.75, 3.05) is 18.5 Å². The smallest absolute Gasteiger partial charge is 0.145 e. The van der Waals surface area contributed by atoms with Crippen molar-refractivity contribution in [2.45, 2.75) is 27.2 Å². The summed E-state index contributed by atoms with van der Waals surface area (Å²) in [5, 5.41) is 8.92. The maximum atomic E-state index is 8.92. The minimum Gasteiger partial charge on any atom is -0.359 e. The number of pyridine rings is 1. The van der Waals surface area contributed by atoms with Crippen LogP contribution < -0.4 is 4.90 Å². The molecule has 0 spiro atoms. The third-order valence-corrected chi connectivity index (χ3v) is 2.86. The van der Waals surface area contributed by atoms with Gasteiger partial charge in [-0.3, -0.25) is 0 Å². The van der Waals surface area contributed by atoms with E-state index in [-0.39, 0.29) is 0 Å². The molecule has 1 aromatic heterocycles. The molecule has 3 heteroatoms. The van der Waals surface area contributed by atoms with E-state index < -0.39 is 0 Å². The molecule has 1 rings (SSSR count). The Bertz CT molecular complexity index is 393. The van der Waals surface area contributed by atoms with Gasteiger partial charge in [-0.15, -0.1) is 0 Å². The van der Waals surface area contributed by atoms with Crippen molar-refractivity contribution in [1.29, 1.82) is 5.26 Å². The monoisotopic (exact) mass is 217 g/mol. The molecule has 16 heavy (non-hydrogen) atoms. The van der Waals surface area contributed by atoms with Crippen LogP contribution in [0.2, 0.25) is 0 Å². The lowest BCUT2D eigenvalue weighted by Gasteiger charge is -2.22. The summed E-state index contributed by atoms with van der Waals surface area (Å²) in [5.74, 6) is 1.51. The second-order valence-corrected chi connectivity index (χ2v) is 4.34. The predicted octanol–water partition coefficient (Wildman–Crippen LogP) is 2.74. The van der Waals surface area contributed by atoms with E-state index in [2.05, 4.69) is 29.8 Å². The molecule has 1 aromatic rings. The first-order valence-corrected chi connectivity index (χ1v) is 5.67. The summed E-state index contributed by atoms with van der Waals surface area (Å²) >= 11 is 0. The van der Waals surface area contributed by atoms with E-state index in [1.54, 1.807) is 0 Å². The van der Waals surface area contributed by atoms with Crippen LogP contribution in [0.5, 0.6) is 0 Å². The number of nitrogens with zero attached hydrogens (tertiary/aromatic N) is 3. The van der Waals surface area contributed by atoms with E-state index in [0.717, 1.165) is 24.3 Å². The van der Waals surface area contributed by atoms with Crippen molar-refractivity contribution in [3.63, 3.8) is 0 Å². The van der Waals surface area contributed by atoms with Gasteiger partial charge in [-0.05, 0) is 24.5 Å². The Kier molecular flexibility index (Phi) is 4.30. The normalized spacial score (nSPS) is 11.9. The first-order valence-electron chi connectivity index (χ1n) is 5.67. The molecule has 0 aromatic carbocycles. The van der Waals surface area contributed by atoms with E-state index in [9.17, 15) is 0 Å². The fourth-order valence-electron chi connectivity index (χ4n) is 1.53. The van der Waals surface area contributed by atoms with Crippen molar-refractivity contribution in [2.24, 2.45) is 5.92 Å². The van der Waals surface area contributed by atoms with Crippen LogP contribution in [0.3, 0.4) is 0 Å². The van der Waals surface area contributed by atoms with Crippen LogP contribution in [-0.2, 0) is 0 Å². The lowest BCUT2D eigenvalue weighted by Crippen LogP contribution is -2.24. The number of anilines is 1. The summed E-state index contributed by atoms with van der Waals surface area (Å²) in [6.07, 6.45) is 1.15. The molecule has 1 heterocycles. The van der Waals surface area contributed by atoms with Crippen LogP contribution in [0.1, 0.15) is 31.5 Å². The highest BCUT2D eigenvalue weighted by Gasteiger charge is 2.08. The molecule has 0 aliphatic heterocycles. The van der Waals surface area contributed by atoms with Gasteiger partial charge in [0, 0.05) is 13.6 Å². The van der Waals surface area contributed by atoms with Crippen LogP contribution in [0.15, 0.2) is 12.1 Å². The second-order valence-electron chi connectivity index (χ2n) is 4.34. The summed E-state index contributed by atoms with van der Waals surface area (Å²) < 4.78 is 0. The van der Waals surface area contributed by atoms with Crippen LogP contribution in [0.25, 0.3) is 0 Å². The van der Waals surface area contributed by atoms with Crippen molar-refractivity contribution in [3.05, 3.63) is 23.4 Å². The van der Waals surface area contributed by atoms with E-state index in [4.69, 9.17) is 5.26 Å². The fraction of sp³-hybridized carbons (Fsp3) is 0.538. The summed E-state index contributed by atoms with van der Waals surface area (Å²) in [7, 11) is 2.02. The molecule has 0 saturated carbocycles. The van der Waals surface area contributed by atoms with Gasteiger partial charge in [-0.25, -0.2) is 4.98 Å². The largest absolute Gasteiger partial charge is 0.359 e. The molecule has 1 unspecified atom stereocenters. The highest BCUT2D eigenvalue weighted by atomic mass is 15.2. The van der Waals surface area contributed by atoms with Crippen molar-refractivity contribution in [3.8, 4) is 6.07 Å². The summed E-state index contributed by atoms with van der Waals surface area (Å²) in [5.41, 5.74) is 1.46. The average molecular weight is 217 g/mol. The highest BCUT2D eigenvalue weighted by Crippen LogP contribution is 2.15. The summed E-state index contributed by atoms with van der Waals surface area (Å²) in [6, 6.07) is 6.04. The van der Waals surface area contributed by atoms with Gasteiger partial charge in [0.2, 0.25) is 0 Å². The molecule has 0 saturated heterocycles. The van der Waals surface area contributed by atoms with Gasteiger partial charge in [0.15, 0.2) is 0 Å². The number of aromatic nitrogens is 1. The molecule has 86 valence electrons. The average Bonchev–Trinajstić information content (AvgIpc) is 2.29. The Morgan fingerprint density at radius 2 is 2.19 bits per heavy atom. The fourth-order valence-corrected chi connectivity index (χ4v) is 1.53. The van der Waals surface area contributed by atoms with Crippen molar-refractivity contribution in [1.82, 2.24) is 4.98 Å². The molecule has 0 aliphatic carbocycles. The van der Waals surface area contributed by atoms with E-state index in [1.807, 2.05) is 26.1 Å². The molecule has 0 amide bonds. The number of rotatable bonds is 4. The van der Waals surface area contributed by atoms with E-state index in [1.165, 1.54) is 0 Å². The highest BCUT2D eigenvalue weighted by molar-refractivity contribution is 5.44. The molecule has 1 atom stereocenters. The molecule has 0 bridgehead atoms.